The first kappa shape index (κ1) is 16.3. The summed E-state index contributed by atoms with van der Waals surface area (Å²) in [6.07, 6.45) is 6.61. The van der Waals surface area contributed by atoms with Gasteiger partial charge in [0.2, 0.25) is 0 Å². The van der Waals surface area contributed by atoms with E-state index in [1.165, 1.54) is 0 Å². The average Bonchev–Trinajstić information content (AvgIpc) is 3.18. The standard InChI is InChI=1S/C18H15ClN6O/c1-11-17(19)12(2)25(23-11)14-5-3-13(4-6-14)18(26)22-16-10-21-15-9-20-7-8-24(15)16/h3-10H,1-2H3,(H,22,26). The van der Waals surface area contributed by atoms with Crippen molar-refractivity contribution in [3.63, 3.8) is 0 Å². The Labute approximate surface area is 154 Å². The minimum atomic E-state index is -0.221. The average molecular weight is 367 g/mol. The van der Waals surface area contributed by atoms with E-state index in [1.54, 1.807) is 46.0 Å². The molecule has 1 aromatic carbocycles. The van der Waals surface area contributed by atoms with Gasteiger partial charge in [0.1, 0.15) is 5.82 Å². The molecule has 4 rings (SSSR count). The first-order valence-corrected chi connectivity index (χ1v) is 8.33. The quantitative estimate of drug-likeness (QED) is 0.602. The molecule has 3 aromatic heterocycles. The van der Waals surface area contributed by atoms with Gasteiger partial charge in [-0.1, -0.05) is 11.6 Å². The van der Waals surface area contributed by atoms with Crippen LogP contribution in [0.2, 0.25) is 5.02 Å². The number of carbonyl (C=O) groups is 1. The highest BCUT2D eigenvalue weighted by atomic mass is 35.5. The van der Waals surface area contributed by atoms with Gasteiger partial charge < -0.3 is 5.32 Å². The fourth-order valence-corrected chi connectivity index (χ4v) is 2.87. The van der Waals surface area contributed by atoms with E-state index in [-0.39, 0.29) is 5.91 Å². The Kier molecular flexibility index (Phi) is 3.93. The lowest BCUT2D eigenvalue weighted by Crippen LogP contribution is -2.13. The Morgan fingerprint density at radius 2 is 1.92 bits per heavy atom. The molecule has 0 aliphatic carbocycles. The third-order valence-electron chi connectivity index (χ3n) is 4.14. The first-order chi connectivity index (χ1) is 12.5. The predicted octanol–water partition coefficient (Wildman–Crippen LogP) is 3.44. The number of amides is 1. The number of hydrogen-bond donors (Lipinski definition) is 1. The van der Waals surface area contributed by atoms with Crippen LogP contribution in [0.15, 0.2) is 49.1 Å². The molecule has 0 unspecified atom stereocenters. The summed E-state index contributed by atoms with van der Waals surface area (Å²) in [6.45, 7) is 3.77. The number of aryl methyl sites for hydroxylation is 1. The minimum Gasteiger partial charge on any atom is -0.306 e. The van der Waals surface area contributed by atoms with Crippen LogP contribution in [0.1, 0.15) is 21.7 Å². The van der Waals surface area contributed by atoms with Crippen molar-refractivity contribution in [2.24, 2.45) is 0 Å². The van der Waals surface area contributed by atoms with Gasteiger partial charge in [-0.05, 0) is 38.1 Å². The molecule has 0 atom stereocenters. The Bertz CT molecular complexity index is 1110. The summed E-state index contributed by atoms with van der Waals surface area (Å²) in [5.41, 5.74) is 3.67. The molecule has 3 heterocycles. The number of hydrogen-bond acceptors (Lipinski definition) is 4. The maximum Gasteiger partial charge on any atom is 0.256 e. The minimum absolute atomic E-state index is 0.221. The zero-order valence-electron chi connectivity index (χ0n) is 14.1. The van der Waals surface area contributed by atoms with Crippen LogP contribution in [0.4, 0.5) is 5.82 Å². The fourth-order valence-electron chi connectivity index (χ4n) is 2.75. The zero-order valence-corrected chi connectivity index (χ0v) is 14.9. The summed E-state index contributed by atoms with van der Waals surface area (Å²) in [7, 11) is 0. The van der Waals surface area contributed by atoms with Gasteiger partial charge in [-0.2, -0.15) is 5.10 Å². The van der Waals surface area contributed by atoms with Crippen LogP contribution in [0.25, 0.3) is 11.3 Å². The number of anilines is 1. The van der Waals surface area contributed by atoms with Crippen LogP contribution in [0.3, 0.4) is 0 Å². The van der Waals surface area contributed by atoms with Crippen LogP contribution in [0.5, 0.6) is 0 Å². The lowest BCUT2D eigenvalue weighted by molar-refractivity contribution is 0.102. The number of aromatic nitrogens is 5. The molecule has 0 aliphatic heterocycles. The van der Waals surface area contributed by atoms with Crippen LogP contribution in [-0.4, -0.2) is 30.1 Å². The van der Waals surface area contributed by atoms with Gasteiger partial charge in [-0.3, -0.25) is 14.2 Å². The van der Waals surface area contributed by atoms with Crippen LogP contribution < -0.4 is 5.32 Å². The molecule has 0 saturated heterocycles. The van der Waals surface area contributed by atoms with Gasteiger partial charge in [0.05, 0.1) is 34.5 Å². The molecule has 0 spiro atoms. The number of nitrogens with zero attached hydrogens (tertiary/aromatic N) is 5. The van der Waals surface area contributed by atoms with E-state index in [9.17, 15) is 4.79 Å². The van der Waals surface area contributed by atoms with Crippen molar-refractivity contribution in [1.82, 2.24) is 24.1 Å². The van der Waals surface area contributed by atoms with Crippen molar-refractivity contribution in [3.05, 3.63) is 71.0 Å². The maximum absolute atomic E-state index is 12.5. The van der Waals surface area contributed by atoms with Crippen molar-refractivity contribution < 1.29 is 4.79 Å². The number of benzene rings is 1. The van der Waals surface area contributed by atoms with E-state index < -0.39 is 0 Å². The van der Waals surface area contributed by atoms with E-state index in [0.29, 0.717) is 22.1 Å². The van der Waals surface area contributed by atoms with Gasteiger partial charge in [-0.25, -0.2) is 9.67 Å². The largest absolute Gasteiger partial charge is 0.306 e. The molecule has 1 amide bonds. The summed E-state index contributed by atoms with van der Waals surface area (Å²) in [5, 5.41) is 7.92. The third kappa shape index (κ3) is 2.72. The molecule has 0 fully saturated rings. The molecule has 0 radical (unpaired) electrons. The number of fused-ring (bicyclic) bond motifs is 1. The van der Waals surface area contributed by atoms with Gasteiger partial charge >= 0.3 is 0 Å². The summed E-state index contributed by atoms with van der Waals surface area (Å²) in [6, 6.07) is 7.17. The topological polar surface area (TPSA) is 77.1 Å². The molecule has 26 heavy (non-hydrogen) atoms. The smallest absolute Gasteiger partial charge is 0.256 e. The number of imidazole rings is 1. The molecule has 130 valence electrons. The molecule has 8 heteroatoms. The van der Waals surface area contributed by atoms with E-state index >= 15 is 0 Å². The Morgan fingerprint density at radius 1 is 1.15 bits per heavy atom. The summed E-state index contributed by atoms with van der Waals surface area (Å²) < 4.78 is 3.52. The van der Waals surface area contributed by atoms with E-state index in [1.807, 2.05) is 26.0 Å². The van der Waals surface area contributed by atoms with Crippen LogP contribution >= 0.6 is 11.6 Å². The summed E-state index contributed by atoms with van der Waals surface area (Å²) in [4.78, 5) is 20.7. The molecule has 0 aliphatic rings. The van der Waals surface area contributed by atoms with Crippen LogP contribution in [-0.2, 0) is 0 Å². The van der Waals surface area contributed by atoms with Crippen molar-refractivity contribution in [2.75, 3.05) is 5.32 Å². The highest BCUT2D eigenvalue weighted by Crippen LogP contribution is 2.22. The maximum atomic E-state index is 12.5. The number of rotatable bonds is 3. The lowest BCUT2D eigenvalue weighted by atomic mass is 10.2. The van der Waals surface area contributed by atoms with Gasteiger partial charge in [0.15, 0.2) is 5.65 Å². The lowest BCUT2D eigenvalue weighted by Gasteiger charge is -2.07. The Hall–Kier alpha value is -3.19. The zero-order chi connectivity index (χ0) is 18.3. The van der Waals surface area contributed by atoms with E-state index in [0.717, 1.165) is 17.1 Å². The molecule has 1 N–H and O–H groups in total. The molecular weight excluding hydrogens is 352 g/mol. The van der Waals surface area contributed by atoms with Crippen LogP contribution in [0, 0.1) is 13.8 Å². The second-order valence-corrected chi connectivity index (χ2v) is 6.22. The Balaban J connectivity index is 1.58. The summed E-state index contributed by atoms with van der Waals surface area (Å²) >= 11 is 6.20. The SMILES string of the molecule is Cc1nn(-c2ccc(C(=O)Nc3cnc4cnccn34)cc2)c(C)c1Cl. The third-order valence-corrected chi connectivity index (χ3v) is 4.68. The van der Waals surface area contributed by atoms with Crippen molar-refractivity contribution >= 4 is 29.0 Å². The normalized spacial score (nSPS) is 11.0. The number of carbonyl (C=O) groups excluding carboxylic acids is 1. The van der Waals surface area contributed by atoms with Crippen molar-refractivity contribution in [2.45, 2.75) is 13.8 Å². The van der Waals surface area contributed by atoms with E-state index in [4.69, 9.17) is 11.6 Å². The highest BCUT2D eigenvalue weighted by Gasteiger charge is 2.13. The second kappa shape index (κ2) is 6.27. The number of nitrogens with one attached hydrogen (secondary N) is 1. The molecule has 7 nitrogen and oxygen atoms in total. The predicted molar refractivity (Wildman–Crippen MR) is 99.0 cm³/mol. The van der Waals surface area contributed by atoms with Crippen molar-refractivity contribution in [1.29, 1.82) is 0 Å². The molecular formula is C18H15ClN6O. The summed E-state index contributed by atoms with van der Waals surface area (Å²) in [5.74, 6) is 0.364. The highest BCUT2D eigenvalue weighted by molar-refractivity contribution is 6.31. The van der Waals surface area contributed by atoms with E-state index in [2.05, 4.69) is 20.4 Å². The first-order valence-electron chi connectivity index (χ1n) is 7.95. The van der Waals surface area contributed by atoms with Gasteiger partial charge in [-0.15, -0.1) is 0 Å². The second-order valence-electron chi connectivity index (χ2n) is 5.85. The van der Waals surface area contributed by atoms with Gasteiger partial charge in [0.25, 0.3) is 5.91 Å². The monoisotopic (exact) mass is 366 g/mol. The number of halogens is 1. The molecule has 4 aromatic rings. The van der Waals surface area contributed by atoms with Gasteiger partial charge in [0, 0.05) is 18.0 Å². The Morgan fingerprint density at radius 3 is 2.62 bits per heavy atom. The molecule has 0 bridgehead atoms. The fraction of sp³-hybridized carbons (Fsp3) is 0.111. The van der Waals surface area contributed by atoms with Crippen molar-refractivity contribution in [3.8, 4) is 5.69 Å². The molecule has 0 saturated carbocycles.